The zero-order valence-corrected chi connectivity index (χ0v) is 16.2. The van der Waals surface area contributed by atoms with Crippen molar-refractivity contribution in [3.8, 4) is 0 Å². The predicted octanol–water partition coefficient (Wildman–Crippen LogP) is 3.96. The molecule has 140 valence electrons. The highest BCUT2D eigenvalue weighted by atomic mass is 35.5. The molecule has 1 aliphatic heterocycles. The van der Waals surface area contributed by atoms with E-state index < -0.39 is 0 Å². The second-order valence-corrected chi connectivity index (χ2v) is 8.06. The Kier molecular flexibility index (Phi) is 7.77. The van der Waals surface area contributed by atoms with Crippen molar-refractivity contribution in [3.63, 3.8) is 0 Å². The molecule has 0 spiro atoms. The zero-order valence-electron chi connectivity index (χ0n) is 15.4. The van der Waals surface area contributed by atoms with Gasteiger partial charge in [-0.3, -0.25) is 4.79 Å². The van der Waals surface area contributed by atoms with Crippen LogP contribution in [-0.2, 0) is 11.2 Å². The average Bonchev–Trinajstić information content (AvgIpc) is 2.59. The quantitative estimate of drug-likeness (QED) is 0.768. The van der Waals surface area contributed by atoms with Crippen LogP contribution in [0.2, 0.25) is 0 Å². The van der Waals surface area contributed by atoms with E-state index in [1.807, 2.05) is 0 Å². The van der Waals surface area contributed by atoms with Crippen LogP contribution in [-0.4, -0.2) is 25.5 Å². The van der Waals surface area contributed by atoms with Crippen molar-refractivity contribution in [2.24, 2.45) is 17.3 Å². The molecule has 3 rings (SSSR count). The maximum absolute atomic E-state index is 12.4. The summed E-state index contributed by atoms with van der Waals surface area (Å²) >= 11 is 0. The summed E-state index contributed by atoms with van der Waals surface area (Å²) in [4.78, 5) is 12.4. The first-order valence-corrected chi connectivity index (χ1v) is 9.68. The lowest BCUT2D eigenvalue weighted by atomic mass is 9.65. The molecule has 2 fully saturated rings. The lowest BCUT2D eigenvalue weighted by Gasteiger charge is -2.42. The molecule has 1 unspecified atom stereocenters. The van der Waals surface area contributed by atoms with E-state index in [1.165, 1.54) is 37.7 Å². The minimum atomic E-state index is 0. The molecule has 2 aliphatic rings. The Morgan fingerprint density at radius 2 is 1.92 bits per heavy atom. The molecule has 3 nitrogen and oxygen atoms in total. The van der Waals surface area contributed by atoms with Gasteiger partial charge in [-0.25, -0.2) is 0 Å². The van der Waals surface area contributed by atoms with Crippen LogP contribution in [0.5, 0.6) is 0 Å². The van der Waals surface area contributed by atoms with E-state index in [-0.39, 0.29) is 18.3 Å². The highest BCUT2D eigenvalue weighted by Gasteiger charge is 2.37. The Morgan fingerprint density at radius 3 is 2.52 bits per heavy atom. The van der Waals surface area contributed by atoms with E-state index in [2.05, 4.69) is 47.9 Å². The number of carbonyl (C=O) groups excluding carboxylic acids is 1. The summed E-state index contributed by atoms with van der Waals surface area (Å²) in [7, 11) is 0. The van der Waals surface area contributed by atoms with Gasteiger partial charge in [0.25, 0.3) is 0 Å². The summed E-state index contributed by atoms with van der Waals surface area (Å²) in [6, 6.07) is 10.7. The average molecular weight is 365 g/mol. The van der Waals surface area contributed by atoms with Crippen molar-refractivity contribution in [1.29, 1.82) is 0 Å². The SMILES string of the molecule is CC(CC(=O)NCC1(Cc2ccccc2)CCC1)C1CCNCC1.Cl. The standard InChI is InChI=1S/C21H32N2O.ClH/c1-17(19-8-12-22-13-9-19)14-20(24)23-16-21(10-5-11-21)15-18-6-3-2-4-7-18;/h2-4,6-7,17,19,22H,5,8-16H2,1H3,(H,23,24);1H. The zero-order chi connectivity index (χ0) is 16.8. The minimum absolute atomic E-state index is 0. The molecule has 2 N–H and O–H groups in total. The summed E-state index contributed by atoms with van der Waals surface area (Å²) < 4.78 is 0. The molecule has 0 aromatic heterocycles. The second kappa shape index (κ2) is 9.59. The largest absolute Gasteiger partial charge is 0.356 e. The van der Waals surface area contributed by atoms with Crippen molar-refractivity contribution >= 4 is 18.3 Å². The van der Waals surface area contributed by atoms with Crippen molar-refractivity contribution in [1.82, 2.24) is 10.6 Å². The molecule has 1 aromatic carbocycles. The molecule has 0 radical (unpaired) electrons. The van der Waals surface area contributed by atoms with Gasteiger partial charge in [-0.2, -0.15) is 0 Å². The number of nitrogens with one attached hydrogen (secondary N) is 2. The normalized spacial score (nSPS) is 20.8. The Balaban J connectivity index is 0.00000225. The third kappa shape index (κ3) is 5.72. The van der Waals surface area contributed by atoms with Crippen molar-refractivity contribution in [2.75, 3.05) is 19.6 Å². The van der Waals surface area contributed by atoms with Gasteiger partial charge in [0.1, 0.15) is 0 Å². The van der Waals surface area contributed by atoms with Crippen LogP contribution >= 0.6 is 12.4 Å². The van der Waals surface area contributed by atoms with E-state index >= 15 is 0 Å². The predicted molar refractivity (Wildman–Crippen MR) is 106 cm³/mol. The van der Waals surface area contributed by atoms with Gasteiger partial charge >= 0.3 is 0 Å². The van der Waals surface area contributed by atoms with Crippen LogP contribution in [0.1, 0.15) is 51.0 Å². The van der Waals surface area contributed by atoms with Crippen LogP contribution in [0.4, 0.5) is 0 Å². The van der Waals surface area contributed by atoms with Gasteiger partial charge in [0.2, 0.25) is 5.91 Å². The number of piperidine rings is 1. The van der Waals surface area contributed by atoms with Gasteiger partial charge in [-0.1, -0.05) is 43.7 Å². The number of benzene rings is 1. The van der Waals surface area contributed by atoms with Crippen molar-refractivity contribution in [3.05, 3.63) is 35.9 Å². The Bertz CT molecular complexity index is 524. The first kappa shape index (κ1) is 20.3. The third-order valence-electron chi connectivity index (χ3n) is 6.19. The molecule has 25 heavy (non-hydrogen) atoms. The Morgan fingerprint density at radius 1 is 1.24 bits per heavy atom. The lowest BCUT2D eigenvalue weighted by molar-refractivity contribution is -0.123. The van der Waals surface area contributed by atoms with Crippen LogP contribution in [0.15, 0.2) is 30.3 Å². The summed E-state index contributed by atoms with van der Waals surface area (Å²) in [5.74, 6) is 1.46. The van der Waals surface area contributed by atoms with Crippen molar-refractivity contribution in [2.45, 2.75) is 51.9 Å². The summed E-state index contributed by atoms with van der Waals surface area (Å²) in [6.45, 7) is 5.31. The molecule has 1 saturated carbocycles. The minimum Gasteiger partial charge on any atom is -0.356 e. The molecule has 1 atom stereocenters. The number of hydrogen-bond donors (Lipinski definition) is 2. The number of halogens is 1. The van der Waals surface area contributed by atoms with Crippen LogP contribution in [0.25, 0.3) is 0 Å². The summed E-state index contributed by atoms with van der Waals surface area (Å²) in [5.41, 5.74) is 1.70. The van der Waals surface area contributed by atoms with Gasteiger partial charge in [0.15, 0.2) is 0 Å². The number of rotatable bonds is 7. The number of carbonyl (C=O) groups is 1. The van der Waals surface area contributed by atoms with Gasteiger partial charge in [0.05, 0.1) is 0 Å². The molecular weight excluding hydrogens is 332 g/mol. The fourth-order valence-electron chi connectivity index (χ4n) is 4.35. The van der Waals surface area contributed by atoms with E-state index in [0.29, 0.717) is 23.7 Å². The van der Waals surface area contributed by atoms with Crippen LogP contribution in [0.3, 0.4) is 0 Å². The van der Waals surface area contributed by atoms with Gasteiger partial charge in [-0.05, 0) is 68.0 Å². The molecule has 1 aliphatic carbocycles. The van der Waals surface area contributed by atoms with Gasteiger partial charge in [-0.15, -0.1) is 12.4 Å². The van der Waals surface area contributed by atoms with E-state index in [9.17, 15) is 4.79 Å². The summed E-state index contributed by atoms with van der Waals surface area (Å²) in [5, 5.41) is 6.67. The number of amides is 1. The molecule has 1 amide bonds. The van der Waals surface area contributed by atoms with E-state index in [4.69, 9.17) is 0 Å². The Labute approximate surface area is 158 Å². The molecular formula is C21H33ClN2O. The van der Waals surface area contributed by atoms with E-state index in [1.54, 1.807) is 0 Å². The maximum atomic E-state index is 12.4. The molecule has 1 heterocycles. The van der Waals surface area contributed by atoms with Gasteiger partial charge in [0, 0.05) is 13.0 Å². The first-order chi connectivity index (χ1) is 11.7. The highest BCUT2D eigenvalue weighted by molar-refractivity contribution is 5.85. The highest BCUT2D eigenvalue weighted by Crippen LogP contribution is 2.43. The molecule has 0 bridgehead atoms. The smallest absolute Gasteiger partial charge is 0.220 e. The monoisotopic (exact) mass is 364 g/mol. The van der Waals surface area contributed by atoms with Gasteiger partial charge < -0.3 is 10.6 Å². The maximum Gasteiger partial charge on any atom is 0.220 e. The summed E-state index contributed by atoms with van der Waals surface area (Å²) in [6.07, 6.45) is 8.00. The van der Waals surface area contributed by atoms with E-state index in [0.717, 1.165) is 26.1 Å². The lowest BCUT2D eigenvalue weighted by Crippen LogP contribution is -2.44. The molecule has 4 heteroatoms. The second-order valence-electron chi connectivity index (χ2n) is 8.06. The topological polar surface area (TPSA) is 41.1 Å². The van der Waals surface area contributed by atoms with Crippen LogP contribution < -0.4 is 10.6 Å². The number of hydrogen-bond acceptors (Lipinski definition) is 2. The third-order valence-corrected chi connectivity index (χ3v) is 6.19. The fourth-order valence-corrected chi connectivity index (χ4v) is 4.35. The molecule has 1 aromatic rings. The first-order valence-electron chi connectivity index (χ1n) is 9.68. The Hall–Kier alpha value is -1.06. The molecule has 1 saturated heterocycles. The fraction of sp³-hybridized carbons (Fsp3) is 0.667. The van der Waals surface area contributed by atoms with Crippen LogP contribution in [0, 0.1) is 17.3 Å². The van der Waals surface area contributed by atoms with Crippen molar-refractivity contribution < 1.29 is 4.79 Å².